The highest BCUT2D eigenvalue weighted by Crippen LogP contribution is 2.43. The number of hydrogen-bond acceptors (Lipinski definition) is 6. The van der Waals surface area contributed by atoms with Crippen LogP contribution in [0.2, 0.25) is 18.1 Å². The molecule has 7 heteroatoms. The van der Waals surface area contributed by atoms with Gasteiger partial charge in [-0.15, -0.1) is 0 Å². The van der Waals surface area contributed by atoms with Crippen LogP contribution in [0.15, 0.2) is 0 Å². The minimum atomic E-state index is -1.94. The molecule has 0 spiro atoms. The molecule has 0 radical (unpaired) electrons. The van der Waals surface area contributed by atoms with Gasteiger partial charge < -0.3 is 28.2 Å². The lowest BCUT2D eigenvalue weighted by Crippen LogP contribution is -2.46. The van der Waals surface area contributed by atoms with Crippen LogP contribution in [0.4, 0.5) is 0 Å². The summed E-state index contributed by atoms with van der Waals surface area (Å²) in [6.45, 7) is 13.3. The van der Waals surface area contributed by atoms with E-state index in [1.54, 1.807) is 14.2 Å². The maximum atomic E-state index is 11.8. The standard InChI is InChI=1S/C21H42O6Si/c1-21(2,3)28(6,7)27-20(9-8-10-23-4)19-14-18(13-17(19)15-22)26-16-25-12-11-24-5/h15,17-20H,8-14,16H2,1-7H3/t17-,18-,19+,20+/m0/s1. The zero-order valence-corrected chi connectivity index (χ0v) is 20.0. The van der Waals surface area contributed by atoms with Crippen molar-refractivity contribution in [2.24, 2.45) is 11.8 Å². The summed E-state index contributed by atoms with van der Waals surface area (Å²) < 4.78 is 28.3. The number of ether oxygens (including phenoxy) is 4. The van der Waals surface area contributed by atoms with Gasteiger partial charge in [-0.2, -0.15) is 0 Å². The molecule has 0 N–H and O–H groups in total. The average molecular weight is 419 g/mol. The predicted octanol–water partition coefficient (Wildman–Crippen LogP) is 4.03. The molecular formula is C21H42O6Si. The van der Waals surface area contributed by atoms with Gasteiger partial charge in [-0.3, -0.25) is 0 Å². The van der Waals surface area contributed by atoms with E-state index in [1.807, 2.05) is 0 Å². The Morgan fingerprint density at radius 1 is 1.07 bits per heavy atom. The molecule has 0 aliphatic heterocycles. The first kappa shape index (κ1) is 25.7. The zero-order chi connectivity index (χ0) is 21.2. The van der Waals surface area contributed by atoms with Gasteiger partial charge in [0.1, 0.15) is 13.1 Å². The topological polar surface area (TPSA) is 63.2 Å². The Morgan fingerprint density at radius 2 is 1.75 bits per heavy atom. The zero-order valence-electron chi connectivity index (χ0n) is 19.0. The Hall–Kier alpha value is -0.313. The Bertz CT molecular complexity index is 437. The molecule has 28 heavy (non-hydrogen) atoms. The van der Waals surface area contributed by atoms with Gasteiger partial charge in [-0.05, 0) is 49.7 Å². The fraction of sp³-hybridized carbons (Fsp3) is 0.952. The second-order valence-electron chi connectivity index (χ2n) is 9.29. The van der Waals surface area contributed by atoms with Crippen LogP contribution < -0.4 is 0 Å². The van der Waals surface area contributed by atoms with E-state index >= 15 is 0 Å². The van der Waals surface area contributed by atoms with Crippen LogP contribution in [0.3, 0.4) is 0 Å². The van der Waals surface area contributed by atoms with Gasteiger partial charge in [-0.25, -0.2) is 0 Å². The van der Waals surface area contributed by atoms with E-state index in [4.69, 9.17) is 23.4 Å². The second kappa shape index (κ2) is 12.4. The van der Waals surface area contributed by atoms with Crippen molar-refractivity contribution in [3.8, 4) is 0 Å². The van der Waals surface area contributed by atoms with Crippen LogP contribution in [0.5, 0.6) is 0 Å². The van der Waals surface area contributed by atoms with Crippen LogP contribution in [-0.4, -0.2) is 67.6 Å². The third-order valence-electron chi connectivity index (χ3n) is 6.18. The highest BCUT2D eigenvalue weighted by molar-refractivity contribution is 6.74. The van der Waals surface area contributed by atoms with Crippen molar-refractivity contribution in [3.05, 3.63) is 0 Å². The van der Waals surface area contributed by atoms with Crippen molar-refractivity contribution in [1.82, 2.24) is 0 Å². The smallest absolute Gasteiger partial charge is 0.192 e. The lowest BCUT2D eigenvalue weighted by molar-refractivity contribution is -0.114. The number of carbonyl (C=O) groups is 1. The molecule has 1 saturated carbocycles. The monoisotopic (exact) mass is 418 g/mol. The van der Waals surface area contributed by atoms with E-state index < -0.39 is 8.32 Å². The molecule has 0 aromatic carbocycles. The molecule has 166 valence electrons. The van der Waals surface area contributed by atoms with Crippen LogP contribution in [0, 0.1) is 11.8 Å². The van der Waals surface area contributed by atoms with Crippen molar-refractivity contribution in [3.63, 3.8) is 0 Å². The molecule has 0 heterocycles. The van der Waals surface area contributed by atoms with E-state index in [9.17, 15) is 4.79 Å². The van der Waals surface area contributed by atoms with Crippen molar-refractivity contribution >= 4 is 14.6 Å². The van der Waals surface area contributed by atoms with Gasteiger partial charge in [0.25, 0.3) is 0 Å². The molecule has 0 aromatic rings. The Labute approximate surface area is 172 Å². The summed E-state index contributed by atoms with van der Waals surface area (Å²) in [5, 5.41) is 0.132. The number of rotatable bonds is 14. The molecule has 4 atom stereocenters. The first-order chi connectivity index (χ1) is 13.2. The molecular weight excluding hydrogens is 376 g/mol. The minimum absolute atomic E-state index is 0.0266. The van der Waals surface area contributed by atoms with Gasteiger partial charge in [0.05, 0.1) is 19.3 Å². The third kappa shape index (κ3) is 8.20. The Morgan fingerprint density at radius 3 is 2.32 bits per heavy atom. The molecule has 1 aliphatic carbocycles. The van der Waals surface area contributed by atoms with Gasteiger partial charge >= 0.3 is 0 Å². The Balaban J connectivity index is 2.75. The van der Waals surface area contributed by atoms with E-state index in [2.05, 4.69) is 33.9 Å². The summed E-state index contributed by atoms with van der Waals surface area (Å²) in [6, 6.07) is 0. The van der Waals surface area contributed by atoms with E-state index in [0.717, 1.165) is 32.0 Å². The first-order valence-corrected chi connectivity index (χ1v) is 13.4. The largest absolute Gasteiger partial charge is 0.414 e. The fourth-order valence-corrected chi connectivity index (χ4v) is 4.87. The number of aldehydes is 1. The molecule has 1 fully saturated rings. The van der Waals surface area contributed by atoms with E-state index in [-0.39, 0.29) is 35.9 Å². The second-order valence-corrected chi connectivity index (χ2v) is 14.1. The van der Waals surface area contributed by atoms with Crippen LogP contribution in [0.25, 0.3) is 0 Å². The average Bonchev–Trinajstić information content (AvgIpc) is 3.03. The summed E-state index contributed by atoms with van der Waals surface area (Å²) in [4.78, 5) is 11.8. The Kier molecular flexibility index (Phi) is 11.4. The lowest BCUT2D eigenvalue weighted by atomic mass is 9.89. The molecule has 6 nitrogen and oxygen atoms in total. The lowest BCUT2D eigenvalue weighted by Gasteiger charge is -2.41. The molecule has 0 bridgehead atoms. The summed E-state index contributed by atoms with van der Waals surface area (Å²) in [5.41, 5.74) is 0. The quantitative estimate of drug-likeness (QED) is 0.184. The highest BCUT2D eigenvalue weighted by atomic mass is 28.4. The molecule has 0 amide bonds. The van der Waals surface area contributed by atoms with Gasteiger partial charge in [0.15, 0.2) is 8.32 Å². The van der Waals surface area contributed by atoms with Crippen molar-refractivity contribution in [2.45, 2.75) is 76.8 Å². The van der Waals surface area contributed by atoms with E-state index in [1.165, 1.54) is 0 Å². The molecule has 1 aliphatic rings. The van der Waals surface area contributed by atoms with E-state index in [0.29, 0.717) is 19.8 Å². The SMILES string of the molecule is COCCC[C@@H](O[Si](C)(C)C(C)(C)C)[C@@H]1C[C@@H](OCOCCOC)C[C@H]1C=O. The van der Waals surface area contributed by atoms with Gasteiger partial charge in [0, 0.05) is 32.8 Å². The van der Waals surface area contributed by atoms with Gasteiger partial charge in [0.2, 0.25) is 0 Å². The number of hydrogen-bond donors (Lipinski definition) is 0. The summed E-state index contributed by atoms with van der Waals surface area (Å²) in [6.07, 6.45) is 4.62. The van der Waals surface area contributed by atoms with Crippen LogP contribution >= 0.6 is 0 Å². The predicted molar refractivity (Wildman–Crippen MR) is 113 cm³/mol. The third-order valence-corrected chi connectivity index (χ3v) is 10.7. The molecule has 0 saturated heterocycles. The fourth-order valence-electron chi connectivity index (χ4n) is 3.46. The summed E-state index contributed by atoms with van der Waals surface area (Å²) in [7, 11) is 1.43. The number of methoxy groups -OCH3 is 2. The minimum Gasteiger partial charge on any atom is -0.414 e. The highest BCUT2D eigenvalue weighted by Gasteiger charge is 2.45. The van der Waals surface area contributed by atoms with Crippen molar-refractivity contribution in [1.29, 1.82) is 0 Å². The van der Waals surface area contributed by atoms with Crippen LogP contribution in [-0.2, 0) is 28.2 Å². The number of carbonyl (C=O) groups excluding carboxylic acids is 1. The summed E-state index contributed by atoms with van der Waals surface area (Å²) >= 11 is 0. The molecule has 0 aromatic heterocycles. The van der Waals surface area contributed by atoms with Crippen LogP contribution in [0.1, 0.15) is 46.5 Å². The maximum Gasteiger partial charge on any atom is 0.192 e. The normalized spacial score (nSPS) is 24.5. The summed E-state index contributed by atoms with van der Waals surface area (Å²) in [5.74, 6) is 0.161. The first-order valence-electron chi connectivity index (χ1n) is 10.5. The van der Waals surface area contributed by atoms with Crippen molar-refractivity contribution in [2.75, 3.05) is 40.8 Å². The maximum absolute atomic E-state index is 11.8. The van der Waals surface area contributed by atoms with Gasteiger partial charge in [-0.1, -0.05) is 20.8 Å². The molecule has 0 unspecified atom stereocenters. The van der Waals surface area contributed by atoms with Crippen molar-refractivity contribution < 1.29 is 28.2 Å². The molecule has 1 rings (SSSR count).